The Bertz CT molecular complexity index is 1170. The molecule has 1 spiro atoms. The van der Waals surface area contributed by atoms with Crippen molar-refractivity contribution in [2.45, 2.75) is 50.9 Å². The molecule has 5 atom stereocenters. The first-order valence-corrected chi connectivity index (χ1v) is 13.5. The highest BCUT2D eigenvalue weighted by Gasteiger charge is 2.74. The van der Waals surface area contributed by atoms with Gasteiger partial charge in [0.25, 0.3) is 0 Å². The summed E-state index contributed by atoms with van der Waals surface area (Å²) in [6.45, 7) is 6.06. The van der Waals surface area contributed by atoms with Crippen molar-refractivity contribution >= 4 is 34.8 Å². The van der Waals surface area contributed by atoms with Crippen LogP contribution in [0.1, 0.15) is 33.1 Å². The molecule has 3 N–H and O–H groups in total. The number of carbonyl (C=O) groups is 3. The van der Waals surface area contributed by atoms with Gasteiger partial charge < -0.3 is 30.3 Å². The zero-order valence-corrected chi connectivity index (χ0v) is 21.9. The molecule has 3 saturated heterocycles. The van der Waals surface area contributed by atoms with Crippen molar-refractivity contribution in [2.24, 2.45) is 11.8 Å². The van der Waals surface area contributed by atoms with Gasteiger partial charge >= 0.3 is 0 Å². The monoisotopic (exact) mass is 520 g/mol. The Kier molecular flexibility index (Phi) is 7.40. The average Bonchev–Trinajstić information content (AvgIpc) is 3.57. The Morgan fingerprint density at radius 3 is 2.34 bits per heavy atom. The van der Waals surface area contributed by atoms with Crippen LogP contribution in [0.5, 0.6) is 0 Å². The first-order valence-electron chi connectivity index (χ1n) is 13.5. The lowest BCUT2D eigenvalue weighted by Gasteiger charge is -2.33. The van der Waals surface area contributed by atoms with E-state index in [-0.39, 0.29) is 30.9 Å². The van der Waals surface area contributed by atoms with Crippen molar-refractivity contribution in [1.82, 2.24) is 4.90 Å². The molecule has 202 valence electrons. The second kappa shape index (κ2) is 10.7. The van der Waals surface area contributed by atoms with Gasteiger partial charge in [-0.05, 0) is 69.5 Å². The number of amides is 3. The van der Waals surface area contributed by atoms with Gasteiger partial charge in [0.1, 0.15) is 11.6 Å². The SMILES string of the molecule is CCN(CC)c1ccc(NC(=O)C2N(CCCO)C(=O)[C@@H]3[C@@H](C(=O)Nc4ccccc4)[C@H]4CCC23O4)cc1. The average molecular weight is 521 g/mol. The summed E-state index contributed by atoms with van der Waals surface area (Å²) in [5.41, 5.74) is 1.28. The topological polar surface area (TPSA) is 111 Å². The summed E-state index contributed by atoms with van der Waals surface area (Å²) in [5, 5.41) is 15.4. The molecule has 9 heteroatoms. The van der Waals surface area contributed by atoms with Crippen LogP contribution < -0.4 is 15.5 Å². The van der Waals surface area contributed by atoms with Gasteiger partial charge in [-0.3, -0.25) is 14.4 Å². The predicted molar refractivity (Wildman–Crippen MR) is 145 cm³/mol. The van der Waals surface area contributed by atoms with E-state index in [9.17, 15) is 19.5 Å². The third-order valence-corrected chi connectivity index (χ3v) is 8.21. The van der Waals surface area contributed by atoms with E-state index in [1.54, 1.807) is 12.1 Å². The number of anilines is 3. The van der Waals surface area contributed by atoms with Crippen LogP contribution in [0.25, 0.3) is 0 Å². The highest BCUT2D eigenvalue weighted by molar-refractivity contribution is 6.05. The van der Waals surface area contributed by atoms with E-state index in [1.807, 2.05) is 42.5 Å². The summed E-state index contributed by atoms with van der Waals surface area (Å²) in [5.74, 6) is -2.29. The summed E-state index contributed by atoms with van der Waals surface area (Å²) in [6.07, 6.45) is 1.04. The summed E-state index contributed by atoms with van der Waals surface area (Å²) < 4.78 is 6.43. The fraction of sp³-hybridized carbons (Fsp3) is 0.483. The number of para-hydroxylation sites is 1. The van der Waals surface area contributed by atoms with Crippen molar-refractivity contribution in [3.05, 3.63) is 54.6 Å². The Morgan fingerprint density at radius 1 is 1.03 bits per heavy atom. The number of hydrogen-bond acceptors (Lipinski definition) is 6. The van der Waals surface area contributed by atoms with E-state index in [0.717, 1.165) is 18.8 Å². The number of rotatable bonds is 10. The molecular weight excluding hydrogens is 484 g/mol. The number of likely N-dealkylation sites (tertiary alicyclic amines) is 1. The number of aliphatic hydroxyl groups is 1. The van der Waals surface area contributed by atoms with Gasteiger partial charge in [-0.1, -0.05) is 18.2 Å². The lowest BCUT2D eigenvalue weighted by molar-refractivity contribution is -0.139. The first-order chi connectivity index (χ1) is 18.4. The van der Waals surface area contributed by atoms with Crippen LogP contribution in [-0.4, -0.2) is 71.7 Å². The van der Waals surface area contributed by atoms with Crippen LogP contribution in [0.15, 0.2) is 54.6 Å². The minimum Gasteiger partial charge on any atom is -0.396 e. The van der Waals surface area contributed by atoms with Gasteiger partial charge in [0.15, 0.2) is 0 Å². The zero-order chi connectivity index (χ0) is 26.9. The molecule has 0 aromatic heterocycles. The normalized spacial score (nSPS) is 27.3. The maximum atomic E-state index is 13.8. The highest BCUT2D eigenvalue weighted by Crippen LogP contribution is 2.58. The fourth-order valence-electron chi connectivity index (χ4n) is 6.54. The lowest BCUT2D eigenvalue weighted by atomic mass is 9.70. The maximum Gasteiger partial charge on any atom is 0.250 e. The zero-order valence-electron chi connectivity index (χ0n) is 21.9. The van der Waals surface area contributed by atoms with Gasteiger partial charge in [-0.15, -0.1) is 0 Å². The largest absolute Gasteiger partial charge is 0.396 e. The number of hydrogen-bond donors (Lipinski definition) is 3. The van der Waals surface area contributed by atoms with Crippen LogP contribution in [-0.2, 0) is 19.1 Å². The molecule has 3 fully saturated rings. The molecule has 0 saturated carbocycles. The van der Waals surface area contributed by atoms with Crippen LogP contribution in [0, 0.1) is 11.8 Å². The molecule has 3 amide bonds. The van der Waals surface area contributed by atoms with Crippen LogP contribution in [0.4, 0.5) is 17.1 Å². The lowest BCUT2D eigenvalue weighted by Crippen LogP contribution is -2.53. The smallest absolute Gasteiger partial charge is 0.250 e. The number of aliphatic hydroxyl groups excluding tert-OH is 1. The van der Waals surface area contributed by atoms with E-state index in [0.29, 0.717) is 30.6 Å². The van der Waals surface area contributed by atoms with Crippen LogP contribution in [0.3, 0.4) is 0 Å². The Morgan fingerprint density at radius 2 is 1.68 bits per heavy atom. The predicted octanol–water partition coefficient (Wildman–Crippen LogP) is 2.87. The third-order valence-electron chi connectivity index (χ3n) is 8.21. The fourth-order valence-corrected chi connectivity index (χ4v) is 6.54. The Labute approximate surface area is 223 Å². The van der Waals surface area contributed by atoms with Crippen molar-refractivity contribution in [3.63, 3.8) is 0 Å². The van der Waals surface area contributed by atoms with Gasteiger partial charge in [0, 0.05) is 43.3 Å². The first kappa shape index (κ1) is 26.2. The van der Waals surface area contributed by atoms with Crippen LogP contribution in [0.2, 0.25) is 0 Å². The molecule has 3 aliphatic heterocycles. The molecule has 2 bridgehead atoms. The molecule has 2 aromatic carbocycles. The summed E-state index contributed by atoms with van der Waals surface area (Å²) in [7, 11) is 0. The number of nitrogens with one attached hydrogen (secondary N) is 2. The van der Waals surface area contributed by atoms with Crippen LogP contribution >= 0.6 is 0 Å². The van der Waals surface area contributed by atoms with E-state index >= 15 is 0 Å². The van der Waals surface area contributed by atoms with Gasteiger partial charge in [0.2, 0.25) is 17.7 Å². The van der Waals surface area contributed by atoms with Crippen molar-refractivity contribution in [2.75, 3.05) is 41.8 Å². The quantitative estimate of drug-likeness (QED) is 0.444. The number of carbonyl (C=O) groups excluding carboxylic acids is 3. The molecule has 2 aromatic rings. The van der Waals surface area contributed by atoms with Crippen molar-refractivity contribution < 1.29 is 24.2 Å². The summed E-state index contributed by atoms with van der Waals surface area (Å²) in [6, 6.07) is 15.9. The Hall–Kier alpha value is -3.43. The van der Waals surface area contributed by atoms with E-state index in [1.165, 1.54) is 4.90 Å². The van der Waals surface area contributed by atoms with Crippen molar-refractivity contribution in [3.8, 4) is 0 Å². The maximum absolute atomic E-state index is 13.8. The van der Waals surface area contributed by atoms with E-state index in [2.05, 4.69) is 29.4 Å². The number of nitrogens with zero attached hydrogens (tertiary/aromatic N) is 2. The highest BCUT2D eigenvalue weighted by atomic mass is 16.5. The molecular formula is C29H36N4O5. The molecule has 0 aliphatic carbocycles. The second-order valence-electron chi connectivity index (χ2n) is 10.2. The summed E-state index contributed by atoms with van der Waals surface area (Å²) in [4.78, 5) is 44.7. The van der Waals surface area contributed by atoms with Gasteiger partial charge in [-0.2, -0.15) is 0 Å². The molecule has 3 heterocycles. The minimum atomic E-state index is -1.07. The van der Waals surface area contributed by atoms with E-state index in [4.69, 9.17) is 4.74 Å². The molecule has 3 aliphatic rings. The summed E-state index contributed by atoms with van der Waals surface area (Å²) >= 11 is 0. The van der Waals surface area contributed by atoms with Gasteiger partial charge in [-0.25, -0.2) is 0 Å². The molecule has 9 nitrogen and oxygen atoms in total. The molecule has 5 rings (SSSR count). The van der Waals surface area contributed by atoms with Gasteiger partial charge in [0.05, 0.1) is 17.9 Å². The molecule has 38 heavy (non-hydrogen) atoms. The third kappa shape index (κ3) is 4.43. The molecule has 2 unspecified atom stereocenters. The second-order valence-corrected chi connectivity index (χ2v) is 10.2. The number of fused-ring (bicyclic) bond motifs is 1. The number of ether oxygens (including phenoxy) is 1. The van der Waals surface area contributed by atoms with Crippen molar-refractivity contribution in [1.29, 1.82) is 0 Å². The number of benzene rings is 2. The standard InChI is InChI=1S/C29H36N4O5/c1-3-32(4-2)21-13-11-20(12-14-21)31-27(36)25-29-16-15-22(38-29)23(24(29)28(37)33(25)17-8-18-34)26(35)30-19-9-6-5-7-10-19/h5-7,9-14,22-25,34H,3-4,8,15-18H2,1-2H3,(H,30,35)(H,31,36)/t22-,23+,24+,25?,29?/m1/s1. The molecule has 0 radical (unpaired) electrons. The minimum absolute atomic E-state index is 0.107. The Balaban J connectivity index is 1.40. The van der Waals surface area contributed by atoms with E-state index < -0.39 is 29.6 Å².